The average Bonchev–Trinajstić information content (AvgIpc) is 3.59. The molecule has 3 aromatic rings. The number of carbonyl (C=O) groups is 3. The van der Waals surface area contributed by atoms with Crippen molar-refractivity contribution >= 4 is 46.0 Å². The van der Waals surface area contributed by atoms with E-state index >= 15 is 4.39 Å². The number of nitrogens with one attached hydrogen (secondary N) is 1. The number of aromatic nitrogens is 2. The Balaban J connectivity index is 1.24. The quantitative estimate of drug-likeness (QED) is 0.317. The summed E-state index contributed by atoms with van der Waals surface area (Å²) in [7, 11) is 4.74. The molecule has 2 amide bonds. The van der Waals surface area contributed by atoms with Crippen molar-refractivity contribution in [2.24, 2.45) is 13.0 Å². The predicted molar refractivity (Wildman–Crippen MR) is 163 cm³/mol. The van der Waals surface area contributed by atoms with Gasteiger partial charge in [-0.25, -0.2) is 4.39 Å². The number of benzene rings is 2. The number of aryl methyl sites for hydroxylation is 1. The lowest BCUT2D eigenvalue weighted by Crippen LogP contribution is -2.46. The van der Waals surface area contributed by atoms with E-state index in [1.807, 2.05) is 18.2 Å². The molecular weight excluding hydrogens is 591 g/mol. The van der Waals surface area contributed by atoms with Crippen molar-refractivity contribution in [1.29, 1.82) is 0 Å². The normalized spacial score (nSPS) is 21.9. The monoisotopic (exact) mass is 628 g/mol. The summed E-state index contributed by atoms with van der Waals surface area (Å²) in [5.41, 5.74) is 1.20. The standard InChI is InChI=1S/C32H38ClFN4O6/c1-37-28-7-5-4-6-24(28)30(36-37)31(40)35-27-16-26(34)20(14-25(27)33)15-29(39)38-21(17-42-2)10-11-22(38)18-44-23-12-8-19(9-13-23)32(41)43-3/h4-7,14,16,19,21-23H,8-13,15,17-18H2,1-3H3,(H,35,40)/t19-,21-,22-,23-/m0/s1. The van der Waals surface area contributed by atoms with Gasteiger partial charge in [-0.3, -0.25) is 19.1 Å². The molecule has 236 valence electrons. The van der Waals surface area contributed by atoms with Gasteiger partial charge in [-0.2, -0.15) is 5.10 Å². The van der Waals surface area contributed by atoms with Crippen LogP contribution in [0.2, 0.25) is 5.02 Å². The largest absolute Gasteiger partial charge is 0.469 e. The molecule has 1 N–H and O–H groups in total. The highest BCUT2D eigenvalue weighted by molar-refractivity contribution is 6.34. The number of halogens is 2. The molecule has 1 saturated heterocycles. The lowest BCUT2D eigenvalue weighted by Gasteiger charge is -2.33. The first-order chi connectivity index (χ1) is 21.2. The van der Waals surface area contributed by atoms with Gasteiger partial charge in [0.05, 0.1) is 67.1 Å². The number of methoxy groups -OCH3 is 2. The summed E-state index contributed by atoms with van der Waals surface area (Å²) in [6, 6.07) is 9.49. The Kier molecular flexibility index (Phi) is 10.2. The van der Waals surface area contributed by atoms with Crippen molar-refractivity contribution in [1.82, 2.24) is 14.7 Å². The average molecular weight is 629 g/mol. The molecule has 2 aliphatic rings. The molecule has 2 atom stereocenters. The van der Waals surface area contributed by atoms with Crippen LogP contribution in [0.25, 0.3) is 10.9 Å². The number of hydrogen-bond acceptors (Lipinski definition) is 7. The maximum Gasteiger partial charge on any atom is 0.308 e. The van der Waals surface area contributed by atoms with Crippen LogP contribution in [0.1, 0.15) is 54.6 Å². The molecule has 1 aliphatic carbocycles. The van der Waals surface area contributed by atoms with Gasteiger partial charge in [0.15, 0.2) is 5.69 Å². The molecule has 44 heavy (non-hydrogen) atoms. The Labute approximate surface area is 260 Å². The summed E-state index contributed by atoms with van der Waals surface area (Å²) < 4.78 is 33.4. The van der Waals surface area contributed by atoms with Crippen molar-refractivity contribution in [3.8, 4) is 0 Å². The van der Waals surface area contributed by atoms with Crippen LogP contribution in [-0.2, 0) is 37.3 Å². The first-order valence-corrected chi connectivity index (χ1v) is 15.3. The highest BCUT2D eigenvalue weighted by Gasteiger charge is 2.38. The molecule has 0 radical (unpaired) electrons. The number of likely N-dealkylation sites (tertiary alicyclic amines) is 1. The van der Waals surface area contributed by atoms with Gasteiger partial charge in [-0.05, 0) is 62.3 Å². The lowest BCUT2D eigenvalue weighted by atomic mass is 9.87. The molecule has 2 heterocycles. The lowest BCUT2D eigenvalue weighted by molar-refractivity contribution is -0.148. The predicted octanol–water partition coefficient (Wildman–Crippen LogP) is 4.92. The molecule has 1 saturated carbocycles. The van der Waals surface area contributed by atoms with Gasteiger partial charge < -0.3 is 24.4 Å². The van der Waals surface area contributed by atoms with Gasteiger partial charge in [0.25, 0.3) is 5.91 Å². The minimum absolute atomic E-state index is 0.0115. The molecule has 12 heteroatoms. The molecule has 0 unspecified atom stereocenters. The van der Waals surface area contributed by atoms with Crippen LogP contribution in [0.4, 0.5) is 10.1 Å². The minimum Gasteiger partial charge on any atom is -0.469 e. The van der Waals surface area contributed by atoms with Gasteiger partial charge in [0.1, 0.15) is 5.82 Å². The molecule has 1 aliphatic heterocycles. The second kappa shape index (κ2) is 14.0. The van der Waals surface area contributed by atoms with Crippen LogP contribution in [0.5, 0.6) is 0 Å². The van der Waals surface area contributed by atoms with E-state index in [-0.39, 0.29) is 64.4 Å². The number of amides is 2. The van der Waals surface area contributed by atoms with E-state index in [4.69, 9.17) is 25.8 Å². The third-order valence-electron chi connectivity index (χ3n) is 8.70. The summed E-state index contributed by atoms with van der Waals surface area (Å²) >= 11 is 6.48. The Morgan fingerprint density at radius 1 is 1.02 bits per heavy atom. The first kappa shape index (κ1) is 31.9. The minimum atomic E-state index is -0.651. The summed E-state index contributed by atoms with van der Waals surface area (Å²) in [6.45, 7) is 0.721. The number of esters is 1. The molecule has 2 aromatic carbocycles. The van der Waals surface area contributed by atoms with Crippen molar-refractivity contribution in [3.63, 3.8) is 0 Å². The zero-order valence-corrected chi connectivity index (χ0v) is 25.9. The van der Waals surface area contributed by atoms with E-state index in [1.54, 1.807) is 29.8 Å². The topological polar surface area (TPSA) is 112 Å². The Morgan fingerprint density at radius 2 is 1.73 bits per heavy atom. The number of hydrogen-bond donors (Lipinski definition) is 1. The van der Waals surface area contributed by atoms with Gasteiger partial charge in [-0.15, -0.1) is 0 Å². The van der Waals surface area contributed by atoms with Crippen LogP contribution in [0.15, 0.2) is 36.4 Å². The number of carbonyl (C=O) groups excluding carboxylic acids is 3. The van der Waals surface area contributed by atoms with Gasteiger partial charge >= 0.3 is 5.97 Å². The van der Waals surface area contributed by atoms with Crippen LogP contribution < -0.4 is 5.32 Å². The zero-order chi connectivity index (χ0) is 31.4. The van der Waals surface area contributed by atoms with Crippen LogP contribution >= 0.6 is 11.6 Å². The smallest absolute Gasteiger partial charge is 0.308 e. The van der Waals surface area contributed by atoms with Gasteiger partial charge in [0, 0.05) is 19.5 Å². The van der Waals surface area contributed by atoms with E-state index < -0.39 is 11.7 Å². The van der Waals surface area contributed by atoms with Crippen LogP contribution in [0, 0.1) is 11.7 Å². The van der Waals surface area contributed by atoms with E-state index in [0.29, 0.717) is 31.4 Å². The fourth-order valence-corrected chi connectivity index (χ4v) is 6.64. The van der Waals surface area contributed by atoms with Crippen molar-refractivity contribution in [2.45, 2.75) is 63.1 Å². The zero-order valence-electron chi connectivity index (χ0n) is 25.2. The molecule has 2 fully saturated rings. The highest BCUT2D eigenvalue weighted by atomic mass is 35.5. The van der Waals surface area contributed by atoms with Gasteiger partial charge in [-0.1, -0.05) is 29.8 Å². The molecule has 10 nitrogen and oxygen atoms in total. The summed E-state index contributed by atoms with van der Waals surface area (Å²) in [5, 5.41) is 7.74. The summed E-state index contributed by atoms with van der Waals surface area (Å²) in [5.74, 6) is -1.69. The summed E-state index contributed by atoms with van der Waals surface area (Å²) in [6.07, 6.45) is 4.24. The van der Waals surface area contributed by atoms with E-state index in [1.165, 1.54) is 13.2 Å². The summed E-state index contributed by atoms with van der Waals surface area (Å²) in [4.78, 5) is 40.3. The highest BCUT2D eigenvalue weighted by Crippen LogP contribution is 2.32. The fourth-order valence-electron chi connectivity index (χ4n) is 6.40. The fraction of sp³-hybridized carbons (Fsp3) is 0.500. The number of fused-ring (bicyclic) bond motifs is 1. The first-order valence-electron chi connectivity index (χ1n) is 14.9. The van der Waals surface area contributed by atoms with Crippen molar-refractivity contribution in [2.75, 3.05) is 32.8 Å². The number of ether oxygens (including phenoxy) is 3. The number of rotatable bonds is 10. The number of nitrogens with zero attached hydrogens (tertiary/aromatic N) is 3. The molecule has 0 spiro atoms. The Morgan fingerprint density at radius 3 is 2.43 bits per heavy atom. The van der Waals surface area contributed by atoms with Crippen LogP contribution in [0.3, 0.4) is 0 Å². The third kappa shape index (κ3) is 6.90. The number of para-hydroxylation sites is 1. The van der Waals surface area contributed by atoms with Crippen molar-refractivity contribution < 1.29 is 33.0 Å². The maximum atomic E-state index is 15.4. The Bertz CT molecular complexity index is 1520. The number of anilines is 1. The van der Waals surface area contributed by atoms with E-state index in [0.717, 1.165) is 37.3 Å². The second-order valence-electron chi connectivity index (χ2n) is 11.5. The SMILES string of the molecule is COC[C@@H]1CC[C@@H](CO[C@H]2CC[C@H](C(=O)OC)CC2)N1C(=O)Cc1cc(Cl)c(NC(=O)c2nn(C)c3ccccc23)cc1F. The maximum absolute atomic E-state index is 15.4. The van der Waals surface area contributed by atoms with Crippen molar-refractivity contribution in [3.05, 3.63) is 58.5 Å². The van der Waals surface area contributed by atoms with E-state index in [9.17, 15) is 14.4 Å². The Hall–Kier alpha value is -3.54. The van der Waals surface area contributed by atoms with Crippen LogP contribution in [-0.4, -0.2) is 78.1 Å². The van der Waals surface area contributed by atoms with E-state index in [2.05, 4.69) is 10.4 Å². The molecule has 1 aromatic heterocycles. The third-order valence-corrected chi connectivity index (χ3v) is 9.01. The second-order valence-corrected chi connectivity index (χ2v) is 11.9. The molecule has 0 bridgehead atoms. The van der Waals surface area contributed by atoms with Gasteiger partial charge in [0.2, 0.25) is 5.91 Å². The molecular formula is C32H38ClFN4O6. The molecule has 5 rings (SSSR count).